The zero-order valence-electron chi connectivity index (χ0n) is 11.3. The number of rotatable bonds is 4. The van der Waals surface area contributed by atoms with Crippen molar-refractivity contribution in [2.24, 2.45) is 5.73 Å². The molecule has 1 amide bonds. The van der Waals surface area contributed by atoms with E-state index in [-0.39, 0.29) is 6.42 Å². The van der Waals surface area contributed by atoms with Crippen molar-refractivity contribution < 1.29 is 4.79 Å². The fourth-order valence-corrected chi connectivity index (χ4v) is 2.11. The molecule has 0 unspecified atom stereocenters. The first-order valence-electron chi connectivity index (χ1n) is 6.59. The second-order valence-corrected chi connectivity index (χ2v) is 4.61. The van der Waals surface area contributed by atoms with E-state index in [1.165, 1.54) is 0 Å². The molecule has 2 N–H and O–H groups in total. The molecule has 5 nitrogen and oxygen atoms in total. The van der Waals surface area contributed by atoms with E-state index < -0.39 is 5.91 Å². The largest absolute Gasteiger partial charge is 0.369 e. The minimum Gasteiger partial charge on any atom is -0.369 e. The van der Waals surface area contributed by atoms with Gasteiger partial charge in [-0.25, -0.2) is 9.67 Å². The molecule has 1 heterocycles. The number of hydrogen-bond acceptors (Lipinski definition) is 3. The number of nitrogens with two attached hydrogens (primary N) is 1. The van der Waals surface area contributed by atoms with Gasteiger partial charge in [0.25, 0.3) is 0 Å². The van der Waals surface area contributed by atoms with Crippen LogP contribution >= 0.6 is 0 Å². The van der Waals surface area contributed by atoms with E-state index >= 15 is 0 Å². The third-order valence-electron chi connectivity index (χ3n) is 3.02. The van der Waals surface area contributed by atoms with Crippen LogP contribution in [0.5, 0.6) is 0 Å². The molecule has 2 aromatic carbocycles. The average Bonchev–Trinajstić information content (AvgIpc) is 2.92. The van der Waals surface area contributed by atoms with Crippen LogP contribution in [-0.2, 0) is 11.2 Å². The van der Waals surface area contributed by atoms with Crippen molar-refractivity contribution >= 4 is 5.91 Å². The van der Waals surface area contributed by atoms with E-state index in [4.69, 9.17) is 5.73 Å². The number of para-hydroxylation sites is 1. The van der Waals surface area contributed by atoms with Gasteiger partial charge in [0.1, 0.15) is 0 Å². The van der Waals surface area contributed by atoms with E-state index in [1.54, 1.807) is 4.68 Å². The predicted octanol–water partition coefficient (Wildman–Crippen LogP) is 1.96. The number of carbonyl (C=O) groups is 1. The molecule has 0 radical (unpaired) electrons. The van der Waals surface area contributed by atoms with Crippen LogP contribution in [0.4, 0.5) is 0 Å². The lowest BCUT2D eigenvalue weighted by atomic mass is 10.2. The van der Waals surface area contributed by atoms with Crippen LogP contribution in [0.25, 0.3) is 17.1 Å². The van der Waals surface area contributed by atoms with Crippen molar-refractivity contribution in [1.29, 1.82) is 0 Å². The van der Waals surface area contributed by atoms with Gasteiger partial charge in [0.2, 0.25) is 5.91 Å². The first-order chi connectivity index (χ1) is 10.2. The Morgan fingerprint density at radius 2 is 1.62 bits per heavy atom. The highest BCUT2D eigenvalue weighted by atomic mass is 16.1. The zero-order chi connectivity index (χ0) is 14.7. The SMILES string of the molecule is NC(=O)Cc1nc(-c2ccccc2)n(-c2ccccc2)n1. The van der Waals surface area contributed by atoms with Gasteiger partial charge in [0.15, 0.2) is 11.6 Å². The number of primary amides is 1. The molecule has 0 aliphatic carbocycles. The van der Waals surface area contributed by atoms with Crippen molar-refractivity contribution in [2.45, 2.75) is 6.42 Å². The van der Waals surface area contributed by atoms with Crippen LogP contribution in [0.15, 0.2) is 60.7 Å². The normalized spacial score (nSPS) is 10.5. The van der Waals surface area contributed by atoms with Crippen molar-refractivity contribution in [3.05, 3.63) is 66.5 Å². The number of benzene rings is 2. The molecule has 21 heavy (non-hydrogen) atoms. The topological polar surface area (TPSA) is 73.8 Å². The van der Waals surface area contributed by atoms with Gasteiger partial charge in [-0.05, 0) is 12.1 Å². The summed E-state index contributed by atoms with van der Waals surface area (Å²) in [7, 11) is 0. The Kier molecular flexibility index (Phi) is 3.47. The van der Waals surface area contributed by atoms with E-state index in [2.05, 4.69) is 10.1 Å². The molecule has 0 atom stereocenters. The molecule has 0 saturated heterocycles. The Balaban J connectivity index is 2.13. The van der Waals surface area contributed by atoms with Gasteiger partial charge in [-0.3, -0.25) is 4.79 Å². The Morgan fingerprint density at radius 1 is 1.00 bits per heavy atom. The monoisotopic (exact) mass is 278 g/mol. The van der Waals surface area contributed by atoms with Crippen LogP contribution in [-0.4, -0.2) is 20.7 Å². The van der Waals surface area contributed by atoms with E-state index in [1.807, 2.05) is 60.7 Å². The quantitative estimate of drug-likeness (QED) is 0.792. The molecule has 1 aromatic heterocycles. The summed E-state index contributed by atoms with van der Waals surface area (Å²) >= 11 is 0. The lowest BCUT2D eigenvalue weighted by Crippen LogP contribution is -2.14. The van der Waals surface area contributed by atoms with Gasteiger partial charge in [0, 0.05) is 5.56 Å². The second-order valence-electron chi connectivity index (χ2n) is 4.61. The summed E-state index contributed by atoms with van der Waals surface area (Å²) in [6.45, 7) is 0. The lowest BCUT2D eigenvalue weighted by molar-refractivity contribution is -0.117. The van der Waals surface area contributed by atoms with Crippen molar-refractivity contribution in [2.75, 3.05) is 0 Å². The predicted molar refractivity (Wildman–Crippen MR) is 79.7 cm³/mol. The minimum atomic E-state index is -0.445. The standard InChI is InChI=1S/C16H14N4O/c17-14(21)11-15-18-16(12-7-3-1-4-8-12)20(19-15)13-9-5-2-6-10-13/h1-10H,11H2,(H2,17,21). The Morgan fingerprint density at radius 3 is 2.24 bits per heavy atom. The smallest absolute Gasteiger partial charge is 0.225 e. The Labute approximate surface area is 122 Å². The number of carbonyl (C=O) groups excluding carboxylic acids is 1. The third kappa shape index (κ3) is 2.81. The Hall–Kier alpha value is -2.95. The van der Waals surface area contributed by atoms with Gasteiger partial charge in [0.05, 0.1) is 12.1 Å². The van der Waals surface area contributed by atoms with Crippen LogP contribution in [0.1, 0.15) is 5.82 Å². The zero-order valence-corrected chi connectivity index (χ0v) is 11.3. The summed E-state index contributed by atoms with van der Waals surface area (Å²) < 4.78 is 1.73. The lowest BCUT2D eigenvalue weighted by Gasteiger charge is -2.05. The summed E-state index contributed by atoms with van der Waals surface area (Å²) in [6, 6.07) is 19.4. The van der Waals surface area contributed by atoms with Crippen LogP contribution in [0.3, 0.4) is 0 Å². The highest BCUT2D eigenvalue weighted by molar-refractivity contribution is 5.75. The summed E-state index contributed by atoms with van der Waals surface area (Å²) in [4.78, 5) is 15.5. The van der Waals surface area contributed by atoms with Crippen molar-refractivity contribution in [3.63, 3.8) is 0 Å². The molecular weight excluding hydrogens is 264 g/mol. The maximum atomic E-state index is 11.1. The van der Waals surface area contributed by atoms with E-state index in [9.17, 15) is 4.79 Å². The molecule has 5 heteroatoms. The molecule has 0 fully saturated rings. The second kappa shape index (κ2) is 5.58. The van der Waals surface area contributed by atoms with Crippen molar-refractivity contribution in [1.82, 2.24) is 14.8 Å². The highest BCUT2D eigenvalue weighted by Crippen LogP contribution is 2.20. The number of nitrogens with zero attached hydrogens (tertiary/aromatic N) is 3. The number of aromatic nitrogens is 3. The average molecular weight is 278 g/mol. The first kappa shape index (κ1) is 13.1. The van der Waals surface area contributed by atoms with Crippen LogP contribution in [0, 0.1) is 0 Å². The summed E-state index contributed by atoms with van der Waals surface area (Å²) in [5.41, 5.74) is 7.06. The molecule has 0 spiro atoms. The molecule has 3 rings (SSSR count). The molecule has 0 aliphatic rings. The first-order valence-corrected chi connectivity index (χ1v) is 6.59. The van der Waals surface area contributed by atoms with Gasteiger partial charge in [-0.15, -0.1) is 0 Å². The molecular formula is C16H14N4O. The van der Waals surface area contributed by atoms with Gasteiger partial charge < -0.3 is 5.73 Å². The van der Waals surface area contributed by atoms with Crippen LogP contribution < -0.4 is 5.73 Å². The van der Waals surface area contributed by atoms with Crippen LogP contribution in [0.2, 0.25) is 0 Å². The Bertz CT molecular complexity index is 693. The molecule has 0 saturated carbocycles. The molecule has 0 bridgehead atoms. The molecule has 0 aliphatic heterocycles. The number of amides is 1. The van der Waals surface area contributed by atoms with Gasteiger partial charge in [-0.1, -0.05) is 48.5 Å². The minimum absolute atomic E-state index is 0.0274. The molecule has 3 aromatic rings. The highest BCUT2D eigenvalue weighted by Gasteiger charge is 2.14. The fraction of sp³-hybridized carbons (Fsp3) is 0.0625. The van der Waals surface area contributed by atoms with Gasteiger partial charge >= 0.3 is 0 Å². The maximum absolute atomic E-state index is 11.1. The maximum Gasteiger partial charge on any atom is 0.225 e. The van der Waals surface area contributed by atoms with Crippen molar-refractivity contribution in [3.8, 4) is 17.1 Å². The van der Waals surface area contributed by atoms with E-state index in [0.717, 1.165) is 11.3 Å². The number of hydrogen-bond donors (Lipinski definition) is 1. The summed E-state index contributed by atoms with van der Waals surface area (Å²) in [5, 5.41) is 4.40. The van der Waals surface area contributed by atoms with Gasteiger partial charge in [-0.2, -0.15) is 5.10 Å². The third-order valence-corrected chi connectivity index (χ3v) is 3.02. The fourth-order valence-electron chi connectivity index (χ4n) is 2.11. The van der Waals surface area contributed by atoms with E-state index in [0.29, 0.717) is 11.6 Å². The molecule has 104 valence electrons. The summed E-state index contributed by atoms with van der Waals surface area (Å²) in [5.74, 6) is 0.670. The summed E-state index contributed by atoms with van der Waals surface area (Å²) in [6.07, 6.45) is 0.0274.